The van der Waals surface area contributed by atoms with Gasteiger partial charge in [0, 0.05) is 35.0 Å². The topological polar surface area (TPSA) is 29.3 Å². The zero-order valence-corrected chi connectivity index (χ0v) is 10.4. The molecule has 16 heavy (non-hydrogen) atoms. The Labute approximate surface area is 100 Å². The van der Waals surface area contributed by atoms with Crippen LogP contribution in [0.3, 0.4) is 0 Å². The van der Waals surface area contributed by atoms with Crippen LogP contribution in [0.5, 0.6) is 0 Å². The lowest BCUT2D eigenvalue weighted by atomic mass is 10.2. The molecule has 0 spiro atoms. The molecule has 0 bridgehead atoms. The Morgan fingerprint density at radius 3 is 2.44 bits per heavy atom. The van der Waals surface area contributed by atoms with Gasteiger partial charge in [-0.2, -0.15) is 11.8 Å². The van der Waals surface area contributed by atoms with Gasteiger partial charge >= 0.3 is 0 Å². The van der Waals surface area contributed by atoms with Crippen molar-refractivity contribution in [2.75, 3.05) is 23.7 Å². The molecule has 88 valence electrons. The minimum Gasteiger partial charge on any atom is -0.399 e. The van der Waals surface area contributed by atoms with E-state index in [4.69, 9.17) is 5.73 Å². The molecule has 1 saturated heterocycles. The normalized spacial score (nSPS) is 25.8. The third kappa shape index (κ3) is 2.61. The molecule has 0 saturated carbocycles. The lowest BCUT2D eigenvalue weighted by molar-refractivity contribution is 0.626. The summed E-state index contributed by atoms with van der Waals surface area (Å²) >= 11 is 1.98. The Kier molecular flexibility index (Phi) is 3.28. The van der Waals surface area contributed by atoms with Crippen LogP contribution in [0.4, 0.5) is 15.8 Å². The lowest BCUT2D eigenvalue weighted by Crippen LogP contribution is -2.40. The van der Waals surface area contributed by atoms with Gasteiger partial charge in [0.1, 0.15) is 5.82 Å². The molecular weight excluding hydrogens is 223 g/mol. The summed E-state index contributed by atoms with van der Waals surface area (Å²) in [5, 5.41) is 1.15. The number of rotatable bonds is 1. The monoisotopic (exact) mass is 240 g/mol. The summed E-state index contributed by atoms with van der Waals surface area (Å²) in [7, 11) is 0. The molecule has 1 aliphatic heterocycles. The van der Waals surface area contributed by atoms with Gasteiger partial charge in [-0.15, -0.1) is 0 Å². The molecular formula is C12H17FN2S. The van der Waals surface area contributed by atoms with E-state index in [-0.39, 0.29) is 5.82 Å². The van der Waals surface area contributed by atoms with E-state index in [2.05, 4.69) is 18.7 Å². The lowest BCUT2D eigenvalue weighted by Gasteiger charge is -2.36. The molecule has 4 heteroatoms. The molecule has 2 N–H and O–H groups in total. The number of thioether (sulfide) groups is 1. The molecule has 2 unspecified atom stereocenters. The molecule has 1 aliphatic rings. The fourth-order valence-electron chi connectivity index (χ4n) is 2.17. The number of halogens is 1. The van der Waals surface area contributed by atoms with Crippen LogP contribution in [0.25, 0.3) is 0 Å². The molecule has 1 aromatic rings. The SMILES string of the molecule is CC1CN(c2cc(N)cc(F)c2)CC(C)S1. The number of benzene rings is 1. The van der Waals surface area contributed by atoms with E-state index >= 15 is 0 Å². The van der Waals surface area contributed by atoms with E-state index in [1.54, 1.807) is 6.07 Å². The molecule has 2 atom stereocenters. The Bertz CT molecular complexity index is 353. The first-order valence-corrected chi connectivity index (χ1v) is 6.45. The quantitative estimate of drug-likeness (QED) is 0.765. The third-order valence-corrected chi connectivity index (χ3v) is 3.92. The Morgan fingerprint density at radius 2 is 1.88 bits per heavy atom. The molecule has 0 amide bonds. The smallest absolute Gasteiger partial charge is 0.127 e. The van der Waals surface area contributed by atoms with E-state index in [1.807, 2.05) is 17.8 Å². The first kappa shape index (κ1) is 11.6. The first-order valence-electron chi connectivity index (χ1n) is 5.51. The Hall–Kier alpha value is -0.900. The van der Waals surface area contributed by atoms with Crippen molar-refractivity contribution in [2.45, 2.75) is 24.3 Å². The highest BCUT2D eigenvalue weighted by molar-refractivity contribution is 8.00. The maximum absolute atomic E-state index is 13.3. The second-order valence-corrected chi connectivity index (χ2v) is 6.29. The highest BCUT2D eigenvalue weighted by Gasteiger charge is 2.22. The molecule has 2 rings (SSSR count). The second-order valence-electron chi connectivity index (χ2n) is 4.41. The van der Waals surface area contributed by atoms with Crippen LogP contribution >= 0.6 is 11.8 Å². The van der Waals surface area contributed by atoms with Gasteiger partial charge in [0.2, 0.25) is 0 Å². The maximum Gasteiger partial charge on any atom is 0.127 e. The van der Waals surface area contributed by atoms with Gasteiger partial charge in [0.15, 0.2) is 0 Å². The van der Waals surface area contributed by atoms with Crippen molar-refractivity contribution in [3.63, 3.8) is 0 Å². The summed E-state index contributed by atoms with van der Waals surface area (Å²) in [5.74, 6) is -0.256. The van der Waals surface area contributed by atoms with E-state index in [9.17, 15) is 4.39 Å². The molecule has 2 nitrogen and oxygen atoms in total. The number of nitrogens with zero attached hydrogens (tertiary/aromatic N) is 1. The zero-order chi connectivity index (χ0) is 11.7. The van der Waals surface area contributed by atoms with Gasteiger partial charge in [-0.1, -0.05) is 13.8 Å². The van der Waals surface area contributed by atoms with Crippen molar-refractivity contribution >= 4 is 23.1 Å². The predicted molar refractivity (Wildman–Crippen MR) is 69.5 cm³/mol. The van der Waals surface area contributed by atoms with Gasteiger partial charge in [-0.25, -0.2) is 4.39 Å². The van der Waals surface area contributed by atoms with Crippen molar-refractivity contribution in [3.8, 4) is 0 Å². The van der Waals surface area contributed by atoms with Crippen molar-refractivity contribution < 1.29 is 4.39 Å². The molecule has 0 aliphatic carbocycles. The molecule has 0 aromatic heterocycles. The fraction of sp³-hybridized carbons (Fsp3) is 0.500. The molecule has 1 fully saturated rings. The van der Waals surface area contributed by atoms with Crippen LogP contribution in [0.2, 0.25) is 0 Å². The van der Waals surface area contributed by atoms with Crippen LogP contribution in [0, 0.1) is 5.82 Å². The van der Waals surface area contributed by atoms with Gasteiger partial charge in [0.25, 0.3) is 0 Å². The van der Waals surface area contributed by atoms with E-state index in [0.29, 0.717) is 16.2 Å². The van der Waals surface area contributed by atoms with Crippen molar-refractivity contribution in [1.29, 1.82) is 0 Å². The Morgan fingerprint density at radius 1 is 1.25 bits per heavy atom. The molecule has 1 aromatic carbocycles. The standard InChI is InChI=1S/C12H17FN2S/c1-8-6-15(7-9(2)16-8)12-4-10(13)3-11(14)5-12/h3-5,8-9H,6-7,14H2,1-2H3. The average Bonchev–Trinajstić information content (AvgIpc) is 2.14. The fourth-order valence-corrected chi connectivity index (χ4v) is 3.49. The molecule has 1 heterocycles. The van der Waals surface area contributed by atoms with E-state index in [1.165, 1.54) is 6.07 Å². The largest absolute Gasteiger partial charge is 0.399 e. The number of hydrogen-bond donors (Lipinski definition) is 1. The van der Waals surface area contributed by atoms with Crippen molar-refractivity contribution in [3.05, 3.63) is 24.0 Å². The van der Waals surface area contributed by atoms with E-state index in [0.717, 1.165) is 18.8 Å². The van der Waals surface area contributed by atoms with Crippen LogP contribution < -0.4 is 10.6 Å². The highest BCUT2D eigenvalue weighted by Crippen LogP contribution is 2.29. The number of hydrogen-bond acceptors (Lipinski definition) is 3. The Balaban J connectivity index is 2.22. The summed E-state index contributed by atoms with van der Waals surface area (Å²) in [5.41, 5.74) is 7.06. The number of nitrogens with two attached hydrogens (primary N) is 1. The predicted octanol–water partition coefficient (Wildman–Crippen LogP) is 2.74. The van der Waals surface area contributed by atoms with Gasteiger partial charge in [0.05, 0.1) is 0 Å². The van der Waals surface area contributed by atoms with Gasteiger partial charge in [-0.3, -0.25) is 0 Å². The van der Waals surface area contributed by atoms with Crippen LogP contribution in [-0.4, -0.2) is 23.6 Å². The summed E-state index contributed by atoms with van der Waals surface area (Å²) < 4.78 is 13.3. The molecule has 0 radical (unpaired) electrons. The van der Waals surface area contributed by atoms with Crippen LogP contribution in [0.1, 0.15) is 13.8 Å². The van der Waals surface area contributed by atoms with Gasteiger partial charge < -0.3 is 10.6 Å². The average molecular weight is 240 g/mol. The van der Waals surface area contributed by atoms with Gasteiger partial charge in [-0.05, 0) is 18.2 Å². The third-order valence-electron chi connectivity index (χ3n) is 2.69. The summed E-state index contributed by atoms with van der Waals surface area (Å²) in [6, 6.07) is 4.76. The van der Waals surface area contributed by atoms with Crippen LogP contribution in [-0.2, 0) is 0 Å². The van der Waals surface area contributed by atoms with Crippen LogP contribution in [0.15, 0.2) is 18.2 Å². The summed E-state index contributed by atoms with van der Waals surface area (Å²) in [6.07, 6.45) is 0. The summed E-state index contributed by atoms with van der Waals surface area (Å²) in [6.45, 7) is 6.32. The van der Waals surface area contributed by atoms with Crippen molar-refractivity contribution in [1.82, 2.24) is 0 Å². The maximum atomic E-state index is 13.3. The minimum absolute atomic E-state index is 0.256. The second kappa shape index (κ2) is 4.53. The van der Waals surface area contributed by atoms with Crippen molar-refractivity contribution in [2.24, 2.45) is 0 Å². The van der Waals surface area contributed by atoms with E-state index < -0.39 is 0 Å². The number of anilines is 2. The first-order chi connectivity index (χ1) is 7.54. The minimum atomic E-state index is -0.256. The zero-order valence-electron chi connectivity index (χ0n) is 9.61. The summed E-state index contributed by atoms with van der Waals surface area (Å²) in [4.78, 5) is 2.21. The highest BCUT2D eigenvalue weighted by atomic mass is 32.2. The number of nitrogen functional groups attached to an aromatic ring is 1.